The van der Waals surface area contributed by atoms with Gasteiger partial charge in [0.15, 0.2) is 0 Å². The summed E-state index contributed by atoms with van der Waals surface area (Å²) in [6.07, 6.45) is 4.56. The lowest BCUT2D eigenvalue weighted by molar-refractivity contribution is 0.612. The maximum atomic E-state index is 14.1. The van der Waals surface area contributed by atoms with Crippen molar-refractivity contribution < 1.29 is 4.39 Å². The summed E-state index contributed by atoms with van der Waals surface area (Å²) in [4.78, 5) is 0. The van der Waals surface area contributed by atoms with Crippen molar-refractivity contribution >= 4 is 10.9 Å². The number of halogens is 1. The van der Waals surface area contributed by atoms with Gasteiger partial charge in [0.2, 0.25) is 0 Å². The normalized spacial score (nSPS) is 11.2. The number of nitrogens with two attached hydrogens (primary N) is 1. The predicted molar refractivity (Wildman–Crippen MR) is 64.9 cm³/mol. The van der Waals surface area contributed by atoms with Gasteiger partial charge in [-0.15, -0.1) is 0 Å². The van der Waals surface area contributed by atoms with Gasteiger partial charge in [0.1, 0.15) is 5.82 Å². The van der Waals surface area contributed by atoms with E-state index >= 15 is 0 Å². The van der Waals surface area contributed by atoms with Gasteiger partial charge in [0.25, 0.3) is 0 Å². The first kappa shape index (κ1) is 11.1. The highest BCUT2D eigenvalue weighted by molar-refractivity contribution is 5.81. The zero-order chi connectivity index (χ0) is 11.5. The molecule has 86 valence electrons. The van der Waals surface area contributed by atoms with E-state index in [1.54, 1.807) is 0 Å². The molecule has 1 aromatic carbocycles. The molecule has 0 unspecified atom stereocenters. The Bertz CT molecular complexity index is 488. The van der Waals surface area contributed by atoms with Crippen LogP contribution in [0.15, 0.2) is 24.4 Å². The molecule has 0 saturated carbocycles. The molecule has 0 aliphatic rings. The smallest absolute Gasteiger partial charge is 0.135 e. The Morgan fingerprint density at radius 3 is 2.81 bits per heavy atom. The van der Waals surface area contributed by atoms with Crippen molar-refractivity contribution in [1.82, 2.24) is 4.57 Å². The second kappa shape index (κ2) is 4.66. The number of rotatable bonds is 4. The van der Waals surface area contributed by atoms with Crippen LogP contribution in [0.2, 0.25) is 0 Å². The van der Waals surface area contributed by atoms with Crippen molar-refractivity contribution in [2.24, 2.45) is 12.8 Å². The first-order valence-corrected chi connectivity index (χ1v) is 5.66. The number of benzene rings is 1. The minimum atomic E-state index is -0.0740. The van der Waals surface area contributed by atoms with Gasteiger partial charge in [-0.05, 0) is 43.5 Å². The van der Waals surface area contributed by atoms with Crippen molar-refractivity contribution in [1.29, 1.82) is 0 Å². The summed E-state index contributed by atoms with van der Waals surface area (Å²) < 4.78 is 16.0. The van der Waals surface area contributed by atoms with Crippen molar-refractivity contribution in [3.63, 3.8) is 0 Å². The summed E-state index contributed by atoms with van der Waals surface area (Å²) >= 11 is 0. The van der Waals surface area contributed by atoms with Crippen LogP contribution >= 0.6 is 0 Å². The number of aryl methyl sites for hydroxylation is 2. The van der Waals surface area contributed by atoms with E-state index in [1.165, 1.54) is 0 Å². The van der Waals surface area contributed by atoms with Crippen molar-refractivity contribution in [2.45, 2.75) is 19.3 Å². The largest absolute Gasteiger partial charge is 0.350 e. The van der Waals surface area contributed by atoms with Gasteiger partial charge in [-0.25, -0.2) is 4.39 Å². The fourth-order valence-corrected chi connectivity index (χ4v) is 2.01. The van der Waals surface area contributed by atoms with E-state index in [2.05, 4.69) is 0 Å². The van der Waals surface area contributed by atoms with Crippen LogP contribution in [0, 0.1) is 5.82 Å². The second-order valence-electron chi connectivity index (χ2n) is 4.14. The van der Waals surface area contributed by atoms with Crippen LogP contribution in [0.5, 0.6) is 0 Å². The Kier molecular flexibility index (Phi) is 3.25. The molecular formula is C13H17FN2. The van der Waals surface area contributed by atoms with Crippen LogP contribution in [0.1, 0.15) is 18.4 Å². The Balaban J connectivity index is 2.30. The molecule has 1 heterocycles. The molecule has 16 heavy (non-hydrogen) atoms. The highest BCUT2D eigenvalue weighted by Gasteiger charge is 2.08. The first-order valence-electron chi connectivity index (χ1n) is 5.66. The zero-order valence-corrected chi connectivity index (χ0v) is 9.54. The van der Waals surface area contributed by atoms with Gasteiger partial charge in [0, 0.05) is 18.6 Å². The average Bonchev–Trinajstić information content (AvgIpc) is 2.65. The number of nitrogens with zero attached hydrogens (tertiary/aromatic N) is 1. The molecule has 1 aromatic heterocycles. The average molecular weight is 220 g/mol. The van der Waals surface area contributed by atoms with Gasteiger partial charge < -0.3 is 10.3 Å². The van der Waals surface area contributed by atoms with Crippen LogP contribution in [-0.2, 0) is 13.5 Å². The minimum Gasteiger partial charge on any atom is -0.350 e. The van der Waals surface area contributed by atoms with Crippen LogP contribution in [-0.4, -0.2) is 11.1 Å². The topological polar surface area (TPSA) is 30.9 Å². The Hall–Kier alpha value is -1.35. The lowest BCUT2D eigenvalue weighted by Gasteiger charge is -2.04. The molecule has 2 N–H and O–H groups in total. The minimum absolute atomic E-state index is 0.0740. The molecule has 0 saturated heterocycles. The number of hydrogen-bond acceptors (Lipinski definition) is 1. The molecule has 0 spiro atoms. The van der Waals surface area contributed by atoms with Crippen molar-refractivity contribution in [3.05, 3.63) is 35.8 Å². The van der Waals surface area contributed by atoms with Gasteiger partial charge >= 0.3 is 0 Å². The summed E-state index contributed by atoms with van der Waals surface area (Å²) in [5.41, 5.74) is 7.17. The van der Waals surface area contributed by atoms with Gasteiger partial charge in [0.05, 0.1) is 5.52 Å². The molecular weight excluding hydrogens is 203 g/mol. The quantitative estimate of drug-likeness (QED) is 0.789. The molecule has 2 rings (SSSR count). The molecule has 3 heteroatoms. The van der Waals surface area contributed by atoms with Crippen molar-refractivity contribution in [3.8, 4) is 0 Å². The SMILES string of the molecule is Cn1ccc2c(F)c(CCCCN)ccc21. The highest BCUT2D eigenvalue weighted by atomic mass is 19.1. The van der Waals surface area contributed by atoms with E-state index in [0.29, 0.717) is 11.9 Å². The zero-order valence-electron chi connectivity index (χ0n) is 9.54. The van der Waals surface area contributed by atoms with E-state index < -0.39 is 0 Å². The number of hydrogen-bond donors (Lipinski definition) is 1. The summed E-state index contributed by atoms with van der Waals surface area (Å²) in [7, 11) is 1.93. The molecule has 2 nitrogen and oxygen atoms in total. The molecule has 0 aliphatic carbocycles. The van der Waals surface area contributed by atoms with Crippen molar-refractivity contribution in [2.75, 3.05) is 6.54 Å². The molecule has 0 aliphatic heterocycles. The molecule has 2 aromatic rings. The summed E-state index contributed by atoms with van der Waals surface area (Å²) in [5.74, 6) is -0.0740. The van der Waals surface area contributed by atoms with Crippen LogP contribution in [0.3, 0.4) is 0 Å². The Morgan fingerprint density at radius 1 is 1.25 bits per heavy atom. The van der Waals surface area contributed by atoms with Gasteiger partial charge in [-0.3, -0.25) is 0 Å². The summed E-state index contributed by atoms with van der Waals surface area (Å²) in [5, 5.41) is 0.716. The summed E-state index contributed by atoms with van der Waals surface area (Å²) in [6.45, 7) is 0.676. The maximum absolute atomic E-state index is 14.1. The van der Waals surface area contributed by atoms with E-state index in [1.807, 2.05) is 36.0 Å². The number of aromatic nitrogens is 1. The van der Waals surface area contributed by atoms with Gasteiger partial charge in [-0.1, -0.05) is 6.07 Å². The molecule has 0 radical (unpaired) electrons. The lowest BCUT2D eigenvalue weighted by atomic mass is 10.1. The maximum Gasteiger partial charge on any atom is 0.135 e. The van der Waals surface area contributed by atoms with Crippen LogP contribution < -0.4 is 5.73 Å². The second-order valence-corrected chi connectivity index (χ2v) is 4.14. The fourth-order valence-electron chi connectivity index (χ4n) is 2.01. The highest BCUT2D eigenvalue weighted by Crippen LogP contribution is 2.22. The van der Waals surface area contributed by atoms with Crippen LogP contribution in [0.25, 0.3) is 10.9 Å². The Labute approximate surface area is 94.9 Å². The monoisotopic (exact) mass is 220 g/mol. The fraction of sp³-hybridized carbons (Fsp3) is 0.385. The standard InChI is InChI=1S/C13H17FN2/c1-16-9-7-11-12(16)6-5-10(13(11)14)4-2-3-8-15/h5-7,9H,2-4,8,15H2,1H3. The molecule has 0 amide bonds. The third-order valence-corrected chi connectivity index (χ3v) is 2.98. The molecule has 0 bridgehead atoms. The summed E-state index contributed by atoms with van der Waals surface area (Å²) in [6, 6.07) is 5.70. The van der Waals surface area contributed by atoms with E-state index in [9.17, 15) is 4.39 Å². The molecule has 0 atom stereocenters. The Morgan fingerprint density at radius 2 is 2.06 bits per heavy atom. The predicted octanol–water partition coefficient (Wildman–Crippen LogP) is 2.60. The van der Waals surface area contributed by atoms with Crippen LogP contribution in [0.4, 0.5) is 4.39 Å². The number of unbranched alkanes of at least 4 members (excludes halogenated alkanes) is 1. The van der Waals surface area contributed by atoms with E-state index in [4.69, 9.17) is 5.73 Å². The number of fused-ring (bicyclic) bond motifs is 1. The van der Waals surface area contributed by atoms with E-state index in [0.717, 1.165) is 30.3 Å². The first-order chi connectivity index (χ1) is 7.74. The lowest BCUT2D eigenvalue weighted by Crippen LogP contribution is -2.00. The van der Waals surface area contributed by atoms with E-state index in [-0.39, 0.29) is 5.82 Å². The van der Waals surface area contributed by atoms with Gasteiger partial charge in [-0.2, -0.15) is 0 Å². The third-order valence-electron chi connectivity index (χ3n) is 2.98. The molecule has 0 fully saturated rings. The third kappa shape index (κ3) is 1.95.